The van der Waals surface area contributed by atoms with Crippen LogP contribution in [0.25, 0.3) is 0 Å². The van der Waals surface area contributed by atoms with E-state index in [1.54, 1.807) is 19.1 Å². The molecule has 3 aromatic rings. The van der Waals surface area contributed by atoms with Crippen LogP contribution >= 0.6 is 0 Å². The predicted octanol–water partition coefficient (Wildman–Crippen LogP) is 6.03. The molecule has 194 valence electrons. The Morgan fingerprint density at radius 2 is 1.68 bits per heavy atom. The number of anilines is 3. The highest BCUT2D eigenvalue weighted by atomic mass is 19.1. The molecule has 5 rings (SSSR count). The summed E-state index contributed by atoms with van der Waals surface area (Å²) in [6.45, 7) is 3.83. The third-order valence-corrected chi connectivity index (χ3v) is 7.79. The Balaban J connectivity index is 1.26. The summed E-state index contributed by atoms with van der Waals surface area (Å²) in [5.74, 6) is 1.13. The van der Waals surface area contributed by atoms with Gasteiger partial charge in [-0.3, -0.25) is 4.79 Å². The third kappa shape index (κ3) is 5.60. The van der Waals surface area contributed by atoms with Crippen molar-refractivity contribution in [1.82, 2.24) is 15.3 Å². The van der Waals surface area contributed by atoms with E-state index in [4.69, 9.17) is 9.97 Å². The molecule has 37 heavy (non-hydrogen) atoms. The van der Waals surface area contributed by atoms with Gasteiger partial charge in [0.1, 0.15) is 11.6 Å². The number of nitrogens with one attached hydrogen (secondary N) is 2. The summed E-state index contributed by atoms with van der Waals surface area (Å²) in [4.78, 5) is 24.8. The number of aryl methyl sites for hydroxylation is 3. The first-order chi connectivity index (χ1) is 17.9. The first-order valence-electron chi connectivity index (χ1n) is 13.4. The van der Waals surface area contributed by atoms with Crippen LogP contribution in [0.4, 0.5) is 21.8 Å². The van der Waals surface area contributed by atoms with E-state index in [2.05, 4.69) is 53.8 Å². The molecule has 1 heterocycles. The van der Waals surface area contributed by atoms with E-state index in [-0.39, 0.29) is 23.8 Å². The molecule has 2 aliphatic rings. The van der Waals surface area contributed by atoms with Crippen molar-refractivity contribution in [2.24, 2.45) is 0 Å². The summed E-state index contributed by atoms with van der Waals surface area (Å²) in [5.41, 5.74) is 5.71. The number of halogens is 1. The monoisotopic (exact) mass is 501 g/mol. The zero-order valence-electron chi connectivity index (χ0n) is 22.0. The zero-order valence-corrected chi connectivity index (χ0v) is 22.0. The molecule has 0 aliphatic heterocycles. The molecular weight excluding hydrogens is 465 g/mol. The van der Waals surface area contributed by atoms with Gasteiger partial charge in [0.05, 0.1) is 5.69 Å². The highest BCUT2D eigenvalue weighted by Crippen LogP contribution is 2.34. The molecule has 0 unspecified atom stereocenters. The van der Waals surface area contributed by atoms with Gasteiger partial charge in [0, 0.05) is 35.9 Å². The molecule has 0 atom stereocenters. The Morgan fingerprint density at radius 1 is 0.946 bits per heavy atom. The normalized spacial score (nSPS) is 19.1. The standard InChI is InChI=1S/C30H36FN5O/c1-19-12-13-21(18-25(19)31)29(37)32-22-14-16-23(17-15-22)33-30-34-26-10-6-5-9-24(26)28(35-30)36(3)27-11-7-4-8-20(27)2/h4,7-8,11-13,18,22-23H,5-6,9-10,14-17H2,1-3H3,(H,32,37)(H,33,34,35)/t22-,23+. The van der Waals surface area contributed by atoms with Crippen LogP contribution in [0, 0.1) is 19.7 Å². The lowest BCUT2D eigenvalue weighted by Gasteiger charge is -2.31. The van der Waals surface area contributed by atoms with Crippen molar-refractivity contribution in [2.45, 2.75) is 77.3 Å². The average molecular weight is 502 g/mol. The summed E-state index contributed by atoms with van der Waals surface area (Å²) in [7, 11) is 2.09. The van der Waals surface area contributed by atoms with Crippen molar-refractivity contribution < 1.29 is 9.18 Å². The second-order valence-electron chi connectivity index (χ2n) is 10.5. The summed E-state index contributed by atoms with van der Waals surface area (Å²) < 4.78 is 13.9. The van der Waals surface area contributed by atoms with Crippen LogP contribution in [0.3, 0.4) is 0 Å². The molecule has 0 spiro atoms. The molecule has 2 aliphatic carbocycles. The number of nitrogens with zero attached hydrogens (tertiary/aromatic N) is 3. The van der Waals surface area contributed by atoms with Gasteiger partial charge in [-0.2, -0.15) is 4.98 Å². The number of carbonyl (C=O) groups excluding carboxylic acids is 1. The molecule has 1 fully saturated rings. The number of hydrogen-bond acceptors (Lipinski definition) is 5. The van der Waals surface area contributed by atoms with Gasteiger partial charge in [-0.25, -0.2) is 9.37 Å². The molecule has 0 saturated heterocycles. The second kappa shape index (κ2) is 10.9. The fraction of sp³-hybridized carbons (Fsp3) is 0.433. The minimum absolute atomic E-state index is 0.0853. The van der Waals surface area contributed by atoms with Gasteiger partial charge in [-0.1, -0.05) is 24.3 Å². The van der Waals surface area contributed by atoms with Gasteiger partial charge in [-0.05, 0) is 94.5 Å². The van der Waals surface area contributed by atoms with Crippen LogP contribution in [-0.2, 0) is 12.8 Å². The Morgan fingerprint density at radius 3 is 2.43 bits per heavy atom. The highest BCUT2D eigenvalue weighted by Gasteiger charge is 2.26. The molecular formula is C30H36FN5O. The van der Waals surface area contributed by atoms with Crippen molar-refractivity contribution in [3.8, 4) is 0 Å². The van der Waals surface area contributed by atoms with Crippen molar-refractivity contribution >= 4 is 23.4 Å². The molecule has 6 nitrogen and oxygen atoms in total. The van der Waals surface area contributed by atoms with Crippen molar-refractivity contribution in [1.29, 1.82) is 0 Å². The smallest absolute Gasteiger partial charge is 0.251 e. The van der Waals surface area contributed by atoms with Gasteiger partial charge in [-0.15, -0.1) is 0 Å². The number of aromatic nitrogens is 2. The maximum Gasteiger partial charge on any atom is 0.251 e. The van der Waals surface area contributed by atoms with E-state index in [0.29, 0.717) is 17.1 Å². The van der Waals surface area contributed by atoms with Gasteiger partial charge in [0.25, 0.3) is 5.91 Å². The van der Waals surface area contributed by atoms with Crippen LogP contribution in [0.1, 0.15) is 71.3 Å². The molecule has 2 N–H and O–H groups in total. The topological polar surface area (TPSA) is 70.2 Å². The first kappa shape index (κ1) is 25.2. The second-order valence-corrected chi connectivity index (χ2v) is 10.5. The van der Waals surface area contributed by atoms with Gasteiger partial charge in [0.15, 0.2) is 0 Å². The number of hydrogen-bond donors (Lipinski definition) is 2. The zero-order chi connectivity index (χ0) is 25.9. The first-order valence-corrected chi connectivity index (χ1v) is 13.4. The lowest BCUT2D eigenvalue weighted by Crippen LogP contribution is -2.40. The van der Waals surface area contributed by atoms with Gasteiger partial charge in [0.2, 0.25) is 5.95 Å². The largest absolute Gasteiger partial charge is 0.351 e. The summed E-state index contributed by atoms with van der Waals surface area (Å²) in [5, 5.41) is 6.68. The Kier molecular flexibility index (Phi) is 7.40. The van der Waals surface area contributed by atoms with Crippen LogP contribution in [0.5, 0.6) is 0 Å². The molecule has 1 aromatic heterocycles. The SMILES string of the molecule is Cc1ccc(C(=O)N[C@H]2CC[C@@H](Nc3nc4c(c(N(C)c5ccccc5C)n3)CCCC4)CC2)cc1F. The minimum atomic E-state index is -0.349. The van der Waals surface area contributed by atoms with Gasteiger partial charge >= 0.3 is 0 Å². The predicted molar refractivity (Wildman–Crippen MR) is 146 cm³/mol. The fourth-order valence-electron chi connectivity index (χ4n) is 5.54. The van der Waals surface area contributed by atoms with Crippen LogP contribution < -0.4 is 15.5 Å². The maximum absolute atomic E-state index is 13.9. The quantitative estimate of drug-likeness (QED) is 0.431. The number of carbonyl (C=O) groups is 1. The fourth-order valence-corrected chi connectivity index (χ4v) is 5.54. The Bertz CT molecular complexity index is 1280. The van der Waals surface area contributed by atoms with E-state index >= 15 is 0 Å². The molecule has 2 aromatic carbocycles. The van der Waals surface area contributed by atoms with Crippen molar-refractivity contribution in [3.05, 3.63) is 76.2 Å². The van der Waals surface area contributed by atoms with E-state index in [1.165, 1.54) is 23.6 Å². The number of amides is 1. The van der Waals surface area contributed by atoms with Gasteiger partial charge < -0.3 is 15.5 Å². The average Bonchev–Trinajstić information content (AvgIpc) is 2.91. The summed E-state index contributed by atoms with van der Waals surface area (Å²) in [6.07, 6.45) is 7.87. The number of para-hydroxylation sites is 1. The molecule has 0 bridgehead atoms. The lowest BCUT2D eigenvalue weighted by atomic mass is 9.91. The summed E-state index contributed by atoms with van der Waals surface area (Å²) >= 11 is 0. The highest BCUT2D eigenvalue weighted by molar-refractivity contribution is 5.94. The van der Waals surface area contributed by atoms with Crippen LogP contribution in [-0.4, -0.2) is 35.0 Å². The molecule has 1 saturated carbocycles. The molecule has 0 radical (unpaired) electrons. The van der Waals surface area contributed by atoms with E-state index in [9.17, 15) is 9.18 Å². The lowest BCUT2D eigenvalue weighted by molar-refractivity contribution is 0.0926. The number of benzene rings is 2. The Hall–Kier alpha value is -3.48. The van der Waals surface area contributed by atoms with Crippen molar-refractivity contribution in [3.63, 3.8) is 0 Å². The van der Waals surface area contributed by atoms with Crippen LogP contribution in [0.15, 0.2) is 42.5 Å². The van der Waals surface area contributed by atoms with E-state index in [0.717, 1.165) is 62.1 Å². The summed E-state index contributed by atoms with van der Waals surface area (Å²) in [6, 6.07) is 13.4. The molecule has 1 amide bonds. The number of rotatable bonds is 6. The number of fused-ring (bicyclic) bond motifs is 1. The van der Waals surface area contributed by atoms with Crippen molar-refractivity contribution in [2.75, 3.05) is 17.3 Å². The minimum Gasteiger partial charge on any atom is -0.351 e. The molecule has 7 heteroatoms. The Labute approximate surface area is 218 Å². The maximum atomic E-state index is 13.9. The van der Waals surface area contributed by atoms with Crippen LogP contribution in [0.2, 0.25) is 0 Å². The third-order valence-electron chi connectivity index (χ3n) is 7.79. The van der Waals surface area contributed by atoms with E-state index in [1.807, 2.05) is 0 Å². The van der Waals surface area contributed by atoms with E-state index < -0.39 is 0 Å².